The number of piperazine rings is 1. The molecule has 0 radical (unpaired) electrons. The molecule has 0 aromatic carbocycles. The van der Waals surface area contributed by atoms with E-state index in [1.54, 1.807) is 9.80 Å². The molecule has 8 nitrogen and oxygen atoms in total. The number of amides is 4. The summed E-state index contributed by atoms with van der Waals surface area (Å²) in [6.45, 7) is 2.17. The van der Waals surface area contributed by atoms with E-state index >= 15 is 0 Å². The van der Waals surface area contributed by atoms with Gasteiger partial charge in [0, 0.05) is 32.2 Å². The molecule has 2 aliphatic heterocycles. The zero-order valence-electron chi connectivity index (χ0n) is 11.7. The van der Waals surface area contributed by atoms with Gasteiger partial charge in [-0.25, -0.2) is 9.59 Å². The molecule has 0 aromatic heterocycles. The molecule has 3 rings (SSSR count). The van der Waals surface area contributed by atoms with Crippen LogP contribution in [0.1, 0.15) is 19.3 Å². The van der Waals surface area contributed by atoms with Gasteiger partial charge in [0.05, 0.1) is 12.0 Å². The third kappa shape index (κ3) is 2.74. The molecular formula is C13H20N4O4. The maximum atomic E-state index is 12.2. The fourth-order valence-corrected chi connectivity index (χ4v) is 3.39. The van der Waals surface area contributed by atoms with E-state index in [0.29, 0.717) is 45.4 Å². The zero-order chi connectivity index (χ0) is 15.0. The van der Waals surface area contributed by atoms with Gasteiger partial charge in [-0.1, -0.05) is 0 Å². The summed E-state index contributed by atoms with van der Waals surface area (Å²) in [7, 11) is 0. The average molecular weight is 296 g/mol. The van der Waals surface area contributed by atoms with Crippen molar-refractivity contribution in [1.29, 1.82) is 0 Å². The van der Waals surface area contributed by atoms with E-state index in [9.17, 15) is 14.4 Å². The lowest BCUT2D eigenvalue weighted by Gasteiger charge is -2.36. The Bertz CT molecular complexity index is 469. The predicted octanol–water partition coefficient (Wildman–Crippen LogP) is -0.341. The number of hydrogen-bond acceptors (Lipinski definition) is 3. The van der Waals surface area contributed by atoms with Crippen LogP contribution >= 0.6 is 0 Å². The number of carbonyl (C=O) groups excluding carboxylic acids is 2. The van der Waals surface area contributed by atoms with Gasteiger partial charge in [0.15, 0.2) is 0 Å². The van der Waals surface area contributed by atoms with Crippen LogP contribution in [0.4, 0.5) is 9.59 Å². The van der Waals surface area contributed by atoms with Crippen molar-refractivity contribution < 1.29 is 19.5 Å². The van der Waals surface area contributed by atoms with Crippen LogP contribution in [0, 0.1) is 5.92 Å². The predicted molar refractivity (Wildman–Crippen MR) is 72.8 cm³/mol. The zero-order valence-corrected chi connectivity index (χ0v) is 11.7. The minimum absolute atomic E-state index is 0.0485. The standard InChI is InChI=1S/C13H20N4O4/c18-11(19)8-1-2-9(5-8)15-13(21)16-3-4-17-10(7-16)6-14-12(17)20/h8-10H,1-7H2,(H,14,20)(H,15,21)(H,18,19)/t8-,9+,10?/m1/s1. The molecule has 1 unspecified atom stereocenters. The number of nitrogens with one attached hydrogen (secondary N) is 2. The van der Waals surface area contributed by atoms with Crippen LogP contribution in [-0.2, 0) is 4.79 Å². The first kappa shape index (κ1) is 14.0. The largest absolute Gasteiger partial charge is 0.481 e. The summed E-state index contributed by atoms with van der Waals surface area (Å²) in [6.07, 6.45) is 1.84. The maximum Gasteiger partial charge on any atom is 0.317 e. The van der Waals surface area contributed by atoms with Crippen LogP contribution in [0.2, 0.25) is 0 Å². The Morgan fingerprint density at radius 3 is 2.81 bits per heavy atom. The van der Waals surface area contributed by atoms with Crippen LogP contribution in [0.5, 0.6) is 0 Å². The van der Waals surface area contributed by atoms with Crippen LogP contribution in [0.15, 0.2) is 0 Å². The Kier molecular flexibility index (Phi) is 3.60. The van der Waals surface area contributed by atoms with Crippen molar-refractivity contribution >= 4 is 18.0 Å². The first-order valence-electron chi connectivity index (χ1n) is 7.37. The molecule has 8 heteroatoms. The summed E-state index contributed by atoms with van der Waals surface area (Å²) < 4.78 is 0. The van der Waals surface area contributed by atoms with Crippen molar-refractivity contribution in [1.82, 2.24) is 20.4 Å². The van der Waals surface area contributed by atoms with Crippen molar-refractivity contribution in [3.8, 4) is 0 Å². The molecule has 2 heterocycles. The average Bonchev–Trinajstić information content (AvgIpc) is 3.06. The lowest BCUT2D eigenvalue weighted by molar-refractivity contribution is -0.141. The van der Waals surface area contributed by atoms with E-state index < -0.39 is 5.97 Å². The molecule has 116 valence electrons. The lowest BCUT2D eigenvalue weighted by atomic mass is 10.1. The number of carbonyl (C=O) groups is 3. The van der Waals surface area contributed by atoms with Crippen molar-refractivity contribution in [2.24, 2.45) is 5.92 Å². The highest BCUT2D eigenvalue weighted by molar-refractivity contribution is 5.79. The van der Waals surface area contributed by atoms with Crippen molar-refractivity contribution in [2.45, 2.75) is 31.3 Å². The number of carboxylic acid groups (broad SMARTS) is 1. The molecule has 0 spiro atoms. The van der Waals surface area contributed by atoms with Crippen molar-refractivity contribution in [3.05, 3.63) is 0 Å². The van der Waals surface area contributed by atoms with Gasteiger partial charge >= 0.3 is 18.0 Å². The number of urea groups is 2. The van der Waals surface area contributed by atoms with Gasteiger partial charge in [0.2, 0.25) is 0 Å². The summed E-state index contributed by atoms with van der Waals surface area (Å²) in [5.41, 5.74) is 0. The number of hydrogen-bond donors (Lipinski definition) is 3. The van der Waals surface area contributed by atoms with Crippen molar-refractivity contribution in [2.75, 3.05) is 26.2 Å². The molecule has 0 bridgehead atoms. The first-order valence-corrected chi connectivity index (χ1v) is 7.37. The Hall–Kier alpha value is -1.99. The maximum absolute atomic E-state index is 12.2. The van der Waals surface area contributed by atoms with Gasteiger partial charge in [-0.2, -0.15) is 0 Å². The van der Waals surface area contributed by atoms with Crippen LogP contribution < -0.4 is 10.6 Å². The smallest absolute Gasteiger partial charge is 0.317 e. The molecule has 3 aliphatic rings. The van der Waals surface area contributed by atoms with Gasteiger partial charge in [0.25, 0.3) is 0 Å². The number of rotatable bonds is 2. The summed E-state index contributed by atoms with van der Waals surface area (Å²) in [4.78, 5) is 38.2. The second-order valence-corrected chi connectivity index (χ2v) is 5.97. The number of aliphatic carboxylic acids is 1. The van der Waals surface area contributed by atoms with E-state index in [1.807, 2.05) is 0 Å². The summed E-state index contributed by atoms with van der Waals surface area (Å²) >= 11 is 0. The Morgan fingerprint density at radius 1 is 1.29 bits per heavy atom. The SMILES string of the molecule is O=C(O)[C@@H]1CC[C@H](NC(=O)N2CCN3C(=O)NCC3C2)C1. The summed E-state index contributed by atoms with van der Waals surface area (Å²) in [5.74, 6) is -1.13. The molecule has 1 saturated carbocycles. The highest BCUT2D eigenvalue weighted by atomic mass is 16.4. The lowest BCUT2D eigenvalue weighted by Crippen LogP contribution is -2.56. The highest BCUT2D eigenvalue weighted by Crippen LogP contribution is 2.26. The van der Waals surface area contributed by atoms with E-state index in [0.717, 1.165) is 0 Å². The molecule has 1 aliphatic carbocycles. The summed E-state index contributed by atoms with van der Waals surface area (Å²) in [5, 5.41) is 14.7. The highest BCUT2D eigenvalue weighted by Gasteiger charge is 2.38. The minimum Gasteiger partial charge on any atom is -0.481 e. The number of carboxylic acids is 1. The Labute approximate surface area is 122 Å². The number of nitrogens with zero attached hydrogens (tertiary/aromatic N) is 2. The first-order chi connectivity index (χ1) is 10.0. The second kappa shape index (κ2) is 5.42. The molecule has 2 saturated heterocycles. The van der Waals surface area contributed by atoms with Crippen LogP contribution in [0.25, 0.3) is 0 Å². The molecule has 3 N–H and O–H groups in total. The van der Waals surface area contributed by atoms with E-state index in [-0.39, 0.29) is 30.1 Å². The van der Waals surface area contributed by atoms with E-state index in [1.165, 1.54) is 0 Å². The van der Waals surface area contributed by atoms with Crippen molar-refractivity contribution in [3.63, 3.8) is 0 Å². The van der Waals surface area contributed by atoms with Gasteiger partial charge < -0.3 is 25.5 Å². The second-order valence-electron chi connectivity index (χ2n) is 5.97. The van der Waals surface area contributed by atoms with Gasteiger partial charge in [0.1, 0.15) is 0 Å². The van der Waals surface area contributed by atoms with E-state index in [2.05, 4.69) is 10.6 Å². The minimum atomic E-state index is -0.782. The summed E-state index contributed by atoms with van der Waals surface area (Å²) in [6, 6.07) is -0.211. The number of fused-ring (bicyclic) bond motifs is 1. The van der Waals surface area contributed by atoms with Gasteiger partial charge in [-0.05, 0) is 19.3 Å². The van der Waals surface area contributed by atoms with Crippen LogP contribution in [-0.4, -0.2) is 71.2 Å². The quantitative estimate of drug-likeness (QED) is 0.648. The Morgan fingerprint density at radius 2 is 2.10 bits per heavy atom. The Balaban J connectivity index is 1.50. The van der Waals surface area contributed by atoms with E-state index in [4.69, 9.17) is 5.11 Å². The normalized spacial score (nSPS) is 31.8. The van der Waals surface area contributed by atoms with Gasteiger partial charge in [-0.3, -0.25) is 4.79 Å². The topological polar surface area (TPSA) is 102 Å². The molecular weight excluding hydrogens is 276 g/mol. The fraction of sp³-hybridized carbons (Fsp3) is 0.769. The molecule has 3 fully saturated rings. The van der Waals surface area contributed by atoms with Gasteiger partial charge in [-0.15, -0.1) is 0 Å². The molecule has 4 amide bonds. The molecule has 21 heavy (non-hydrogen) atoms. The monoisotopic (exact) mass is 296 g/mol. The molecule has 3 atom stereocenters. The van der Waals surface area contributed by atoms with Crippen LogP contribution in [0.3, 0.4) is 0 Å². The molecule has 0 aromatic rings. The third-order valence-electron chi connectivity index (χ3n) is 4.63. The fourth-order valence-electron chi connectivity index (χ4n) is 3.39. The third-order valence-corrected chi connectivity index (χ3v) is 4.63.